The molecule has 0 aliphatic carbocycles. The highest BCUT2D eigenvalue weighted by atomic mass is 35.5. The summed E-state index contributed by atoms with van der Waals surface area (Å²) in [6.07, 6.45) is -1.10. The molecule has 9 heteroatoms. The fraction of sp³-hybridized carbons (Fsp3) is 0.241. The molecule has 1 amide bonds. The van der Waals surface area contributed by atoms with Crippen molar-refractivity contribution >= 4 is 57.6 Å². The van der Waals surface area contributed by atoms with Gasteiger partial charge in [-0.1, -0.05) is 74.3 Å². The summed E-state index contributed by atoms with van der Waals surface area (Å²) in [7, 11) is 0. The van der Waals surface area contributed by atoms with Crippen LogP contribution in [0, 0.1) is 5.41 Å². The third-order valence-electron chi connectivity index (χ3n) is 5.81. The van der Waals surface area contributed by atoms with Crippen molar-refractivity contribution in [1.29, 1.82) is 0 Å². The maximum Gasteiger partial charge on any atom is 0.303 e. The summed E-state index contributed by atoms with van der Waals surface area (Å²) in [6, 6.07) is 16.2. The number of hydrogen-bond donors (Lipinski definition) is 1. The molecule has 0 aliphatic rings. The third kappa shape index (κ3) is 5.59. The van der Waals surface area contributed by atoms with Crippen molar-refractivity contribution in [1.82, 2.24) is 4.98 Å². The first-order valence-electron chi connectivity index (χ1n) is 11.9. The van der Waals surface area contributed by atoms with Gasteiger partial charge in [-0.2, -0.15) is 0 Å². The van der Waals surface area contributed by atoms with Crippen LogP contribution in [0.2, 0.25) is 10.0 Å². The molecule has 1 atom stereocenters. The van der Waals surface area contributed by atoms with Gasteiger partial charge in [-0.05, 0) is 36.8 Å². The van der Waals surface area contributed by atoms with Crippen molar-refractivity contribution in [3.8, 4) is 22.4 Å². The van der Waals surface area contributed by atoms with Crippen LogP contribution in [0.25, 0.3) is 33.5 Å². The Balaban J connectivity index is 2.00. The topological polar surface area (TPSA) is 98.5 Å². The monoisotopic (exact) mass is 552 g/mol. The molecular weight excluding hydrogens is 527 g/mol. The highest BCUT2D eigenvalue weighted by molar-refractivity contribution is 6.33. The summed E-state index contributed by atoms with van der Waals surface area (Å²) in [5, 5.41) is 4.18. The second kappa shape index (κ2) is 10.6. The van der Waals surface area contributed by atoms with E-state index in [0.717, 1.165) is 5.56 Å². The van der Waals surface area contributed by atoms with Gasteiger partial charge in [-0.25, -0.2) is 4.98 Å². The Kier molecular flexibility index (Phi) is 7.63. The van der Waals surface area contributed by atoms with Crippen molar-refractivity contribution in [2.75, 3.05) is 5.32 Å². The number of carbonyl (C=O) groups is 3. The van der Waals surface area contributed by atoms with E-state index in [1.54, 1.807) is 45.0 Å². The second-order valence-electron chi connectivity index (χ2n) is 9.85. The zero-order chi connectivity index (χ0) is 27.8. The van der Waals surface area contributed by atoms with Crippen LogP contribution in [-0.4, -0.2) is 28.7 Å². The largest absolute Gasteiger partial charge is 0.453 e. The minimum absolute atomic E-state index is 0.0539. The number of nitrogens with zero attached hydrogens (tertiary/aromatic N) is 1. The minimum Gasteiger partial charge on any atom is -0.453 e. The molecule has 7 nitrogen and oxygen atoms in total. The van der Waals surface area contributed by atoms with Crippen molar-refractivity contribution in [3.63, 3.8) is 0 Å². The maximum atomic E-state index is 13.4. The molecule has 0 radical (unpaired) electrons. The van der Waals surface area contributed by atoms with Gasteiger partial charge in [-0.15, -0.1) is 0 Å². The van der Waals surface area contributed by atoms with Gasteiger partial charge in [0.2, 0.25) is 11.5 Å². The molecule has 0 saturated carbocycles. The number of furan rings is 1. The van der Waals surface area contributed by atoms with Gasteiger partial charge >= 0.3 is 5.97 Å². The Morgan fingerprint density at radius 1 is 1.00 bits per heavy atom. The van der Waals surface area contributed by atoms with E-state index >= 15 is 0 Å². The van der Waals surface area contributed by atoms with Crippen LogP contribution in [0.3, 0.4) is 0 Å². The normalized spacial score (nSPS) is 12.3. The SMILES string of the molecule is CC(=O)O[C@@H](C)C(=O)Nc1c(C(=O)C(C)(C)C)oc2nc(-c3ccccc3Cl)c(-c3ccc(Cl)cc3)cc12. The summed E-state index contributed by atoms with van der Waals surface area (Å²) in [6.45, 7) is 7.90. The van der Waals surface area contributed by atoms with Crippen molar-refractivity contribution < 1.29 is 23.5 Å². The van der Waals surface area contributed by atoms with E-state index in [9.17, 15) is 14.4 Å². The number of pyridine rings is 1. The van der Waals surface area contributed by atoms with Gasteiger partial charge in [-0.3, -0.25) is 14.4 Å². The first-order valence-corrected chi connectivity index (χ1v) is 12.6. The molecule has 0 bridgehead atoms. The highest BCUT2D eigenvalue weighted by Gasteiger charge is 2.33. The summed E-state index contributed by atoms with van der Waals surface area (Å²) in [5.74, 6) is -1.61. The van der Waals surface area contributed by atoms with E-state index in [1.165, 1.54) is 13.8 Å². The van der Waals surface area contributed by atoms with Gasteiger partial charge in [0.05, 0.1) is 11.1 Å². The second-order valence-corrected chi connectivity index (χ2v) is 10.7. The number of amides is 1. The van der Waals surface area contributed by atoms with E-state index in [-0.39, 0.29) is 22.9 Å². The van der Waals surface area contributed by atoms with E-state index in [1.807, 2.05) is 30.3 Å². The number of ketones is 1. The summed E-state index contributed by atoms with van der Waals surface area (Å²) in [4.78, 5) is 42.5. The molecule has 0 aliphatic heterocycles. The van der Waals surface area contributed by atoms with Crippen LogP contribution in [0.5, 0.6) is 0 Å². The predicted octanol–water partition coefficient (Wildman–Crippen LogP) is 7.59. The Morgan fingerprint density at radius 3 is 2.26 bits per heavy atom. The van der Waals surface area contributed by atoms with Crippen molar-refractivity contribution in [2.45, 2.75) is 40.7 Å². The lowest BCUT2D eigenvalue weighted by atomic mass is 9.88. The number of nitrogens with one attached hydrogen (secondary N) is 1. The number of ether oxygens (including phenoxy) is 1. The Bertz CT molecular complexity index is 1550. The lowest BCUT2D eigenvalue weighted by Crippen LogP contribution is -2.30. The summed E-state index contributed by atoms with van der Waals surface area (Å²) in [5.41, 5.74) is 2.13. The van der Waals surface area contributed by atoms with Crippen LogP contribution in [0.4, 0.5) is 5.69 Å². The Labute approximate surface area is 230 Å². The number of esters is 1. The number of rotatable bonds is 6. The zero-order valence-corrected chi connectivity index (χ0v) is 23.0. The molecule has 196 valence electrons. The lowest BCUT2D eigenvalue weighted by Gasteiger charge is -2.17. The zero-order valence-electron chi connectivity index (χ0n) is 21.5. The predicted molar refractivity (Wildman–Crippen MR) is 149 cm³/mol. The fourth-order valence-electron chi connectivity index (χ4n) is 3.88. The smallest absolute Gasteiger partial charge is 0.303 e. The molecule has 0 unspecified atom stereocenters. The highest BCUT2D eigenvalue weighted by Crippen LogP contribution is 2.41. The lowest BCUT2D eigenvalue weighted by molar-refractivity contribution is -0.150. The minimum atomic E-state index is -1.10. The third-order valence-corrected chi connectivity index (χ3v) is 6.40. The molecule has 0 saturated heterocycles. The van der Waals surface area contributed by atoms with Gasteiger partial charge in [0.1, 0.15) is 5.69 Å². The number of hydrogen-bond acceptors (Lipinski definition) is 6. The van der Waals surface area contributed by atoms with Gasteiger partial charge in [0.15, 0.2) is 11.9 Å². The molecule has 2 heterocycles. The molecule has 38 heavy (non-hydrogen) atoms. The van der Waals surface area contributed by atoms with Crippen LogP contribution in [0.15, 0.2) is 59.0 Å². The van der Waals surface area contributed by atoms with E-state index in [4.69, 9.17) is 37.3 Å². The number of halogens is 2. The van der Waals surface area contributed by atoms with Crippen molar-refractivity contribution in [2.24, 2.45) is 5.41 Å². The van der Waals surface area contributed by atoms with Crippen LogP contribution in [0.1, 0.15) is 45.2 Å². The van der Waals surface area contributed by atoms with Crippen molar-refractivity contribution in [3.05, 3.63) is 70.4 Å². The first kappa shape index (κ1) is 27.4. The fourth-order valence-corrected chi connectivity index (χ4v) is 4.23. The molecular formula is C29H26Cl2N2O5. The van der Waals surface area contributed by atoms with E-state index < -0.39 is 23.4 Å². The number of aromatic nitrogens is 1. The molecule has 0 fully saturated rings. The van der Waals surface area contributed by atoms with Crippen LogP contribution >= 0.6 is 23.2 Å². The van der Waals surface area contributed by atoms with E-state index in [0.29, 0.717) is 32.3 Å². The number of benzene rings is 2. The van der Waals surface area contributed by atoms with Crippen LogP contribution in [-0.2, 0) is 14.3 Å². The van der Waals surface area contributed by atoms with Crippen LogP contribution < -0.4 is 5.32 Å². The molecule has 0 spiro atoms. The van der Waals surface area contributed by atoms with Gasteiger partial charge < -0.3 is 14.5 Å². The molecule has 2 aromatic heterocycles. The average molecular weight is 553 g/mol. The number of anilines is 1. The van der Waals surface area contributed by atoms with Gasteiger partial charge in [0, 0.05) is 33.5 Å². The molecule has 1 N–H and O–H groups in total. The number of carbonyl (C=O) groups excluding carboxylic acids is 3. The Morgan fingerprint density at radius 2 is 1.66 bits per heavy atom. The molecule has 4 rings (SSSR count). The standard InChI is InChI=1S/C29H26Cl2N2O5/c1-15(37-16(2)34)27(36)32-24-21-14-20(17-10-12-18(30)13-11-17)23(19-8-6-7-9-22(19)31)33-28(21)38-25(24)26(35)29(3,4)5/h6-15H,1-5H3,(H,32,36)/t15-/m0/s1. The average Bonchev–Trinajstić information content (AvgIpc) is 3.19. The number of fused-ring (bicyclic) bond motifs is 1. The summed E-state index contributed by atoms with van der Waals surface area (Å²) < 4.78 is 11.0. The number of Topliss-reactive ketones (excluding diaryl/α,β-unsaturated/α-hetero) is 1. The molecule has 4 aromatic rings. The summed E-state index contributed by atoms with van der Waals surface area (Å²) >= 11 is 12.7. The molecule has 2 aromatic carbocycles. The quantitative estimate of drug-likeness (QED) is 0.195. The maximum absolute atomic E-state index is 13.4. The Hall–Kier alpha value is -3.68. The first-order chi connectivity index (χ1) is 17.9. The van der Waals surface area contributed by atoms with E-state index in [2.05, 4.69) is 5.32 Å². The van der Waals surface area contributed by atoms with Gasteiger partial charge in [0.25, 0.3) is 5.91 Å².